The highest BCUT2D eigenvalue weighted by atomic mass is 35.5. The van der Waals surface area contributed by atoms with Crippen molar-refractivity contribution in [1.29, 1.82) is 5.41 Å². The van der Waals surface area contributed by atoms with Gasteiger partial charge in [0.1, 0.15) is 11.3 Å². The van der Waals surface area contributed by atoms with E-state index in [0.717, 1.165) is 30.0 Å². The Bertz CT molecular complexity index is 1500. The van der Waals surface area contributed by atoms with Crippen LogP contribution < -0.4 is 10.6 Å². The molecule has 12 heteroatoms. The number of amides is 2. The van der Waals surface area contributed by atoms with Crippen LogP contribution in [0.4, 0.5) is 5.82 Å². The molecule has 3 heterocycles. The molecular weight excluding hydrogens is 492 g/mol. The number of hydrogen-bond donors (Lipinski definition) is 3. The van der Waals surface area contributed by atoms with Crippen LogP contribution in [0.1, 0.15) is 39.2 Å². The molecule has 1 aliphatic heterocycles. The van der Waals surface area contributed by atoms with E-state index < -0.39 is 32.9 Å². The number of nitrogens with zero attached hydrogens (tertiary/aromatic N) is 3. The van der Waals surface area contributed by atoms with Crippen molar-refractivity contribution in [2.45, 2.75) is 24.8 Å². The molecule has 3 N–H and O–H groups in total. The Morgan fingerprint density at radius 2 is 2.14 bits per heavy atom. The number of aryl methyl sites for hydroxylation is 1. The molecule has 3 aromatic rings. The average molecular weight is 513 g/mol. The Balaban J connectivity index is 1.61. The van der Waals surface area contributed by atoms with Crippen molar-refractivity contribution < 1.29 is 18.0 Å². The Morgan fingerprint density at radius 1 is 1.34 bits per heavy atom. The molecule has 2 amide bonds. The number of benzene rings is 1. The average Bonchev–Trinajstić information content (AvgIpc) is 3.31. The van der Waals surface area contributed by atoms with Crippen molar-refractivity contribution >= 4 is 45.3 Å². The summed E-state index contributed by atoms with van der Waals surface area (Å²) in [5, 5.41) is 18.3. The van der Waals surface area contributed by atoms with Gasteiger partial charge in [0.05, 0.1) is 11.2 Å². The molecule has 0 saturated carbocycles. The quantitative estimate of drug-likeness (QED) is 0.446. The lowest BCUT2D eigenvalue weighted by molar-refractivity contribution is -0.113. The summed E-state index contributed by atoms with van der Waals surface area (Å²) in [5.41, 5.74) is 2.57. The fourth-order valence-corrected chi connectivity index (χ4v) is 5.51. The van der Waals surface area contributed by atoms with Gasteiger partial charge in [0.25, 0.3) is 5.91 Å². The van der Waals surface area contributed by atoms with E-state index in [-0.39, 0.29) is 11.4 Å². The number of nitrogens with one attached hydrogen (secondary N) is 3. The van der Waals surface area contributed by atoms with Gasteiger partial charge in [0.2, 0.25) is 5.91 Å². The molecule has 2 aliphatic rings. The first-order chi connectivity index (χ1) is 16.6. The summed E-state index contributed by atoms with van der Waals surface area (Å²) in [4.78, 5) is 30.3. The van der Waals surface area contributed by atoms with Crippen molar-refractivity contribution in [1.82, 2.24) is 20.1 Å². The zero-order valence-electron chi connectivity index (χ0n) is 18.6. The van der Waals surface area contributed by atoms with Gasteiger partial charge in [-0.05, 0) is 48.2 Å². The van der Waals surface area contributed by atoms with Gasteiger partial charge in [-0.25, -0.2) is 13.4 Å². The number of halogens is 1. The molecule has 2 aromatic heterocycles. The van der Waals surface area contributed by atoms with Crippen LogP contribution in [0, 0.1) is 5.41 Å². The van der Waals surface area contributed by atoms with Gasteiger partial charge >= 0.3 is 0 Å². The molecule has 1 aromatic carbocycles. The number of carbonyl (C=O) groups is 2. The van der Waals surface area contributed by atoms with Crippen LogP contribution in [0.3, 0.4) is 0 Å². The van der Waals surface area contributed by atoms with Gasteiger partial charge in [-0.1, -0.05) is 17.7 Å². The second-order valence-electron chi connectivity index (χ2n) is 8.81. The number of pyridine rings is 1. The summed E-state index contributed by atoms with van der Waals surface area (Å²) < 4.78 is 24.6. The highest BCUT2D eigenvalue weighted by Gasteiger charge is 2.46. The lowest BCUT2D eigenvalue weighted by atomic mass is 9.83. The normalized spacial score (nSPS) is 18.6. The van der Waals surface area contributed by atoms with Crippen LogP contribution in [0.15, 0.2) is 36.5 Å². The van der Waals surface area contributed by atoms with E-state index in [1.54, 1.807) is 18.2 Å². The molecule has 1 spiro atoms. The first kappa shape index (κ1) is 23.2. The summed E-state index contributed by atoms with van der Waals surface area (Å²) in [6.45, 7) is 0. The number of anilines is 1. The van der Waals surface area contributed by atoms with Crippen molar-refractivity contribution in [2.75, 3.05) is 17.3 Å². The van der Waals surface area contributed by atoms with E-state index in [9.17, 15) is 18.0 Å². The maximum absolute atomic E-state index is 13.4. The fourth-order valence-electron chi connectivity index (χ4n) is 4.76. The summed E-state index contributed by atoms with van der Waals surface area (Å²) >= 11 is 6.16. The number of rotatable bonds is 5. The number of sulfone groups is 1. The van der Waals surface area contributed by atoms with Crippen LogP contribution in [-0.2, 0) is 33.0 Å². The topological polar surface area (TPSA) is 147 Å². The van der Waals surface area contributed by atoms with E-state index in [1.165, 1.54) is 10.9 Å². The van der Waals surface area contributed by atoms with Gasteiger partial charge in [0, 0.05) is 35.7 Å². The molecule has 180 valence electrons. The van der Waals surface area contributed by atoms with Gasteiger partial charge in [-0.2, -0.15) is 9.78 Å². The Kier molecular flexibility index (Phi) is 5.48. The minimum absolute atomic E-state index is 0.0467. The molecule has 5 rings (SSSR count). The molecule has 0 saturated heterocycles. The SMILES string of the molecule is CS(=O)(=O)CC(=O)Nc1c2c(nn1-c1ccc(C=N)cn1)C[C@]1(CCc3cc(Cl)ccc31)NC2=O. The highest BCUT2D eigenvalue weighted by molar-refractivity contribution is 7.91. The molecular formula is C23H21ClN6O4S. The first-order valence-electron chi connectivity index (χ1n) is 10.8. The predicted molar refractivity (Wildman–Crippen MR) is 130 cm³/mol. The van der Waals surface area contributed by atoms with Crippen LogP contribution in [-0.4, -0.2) is 53.2 Å². The van der Waals surface area contributed by atoms with E-state index in [2.05, 4.69) is 20.7 Å². The van der Waals surface area contributed by atoms with E-state index in [0.29, 0.717) is 34.9 Å². The zero-order chi connectivity index (χ0) is 25.0. The van der Waals surface area contributed by atoms with Gasteiger partial charge in [0.15, 0.2) is 21.5 Å². The van der Waals surface area contributed by atoms with Crippen molar-refractivity contribution in [3.8, 4) is 5.82 Å². The van der Waals surface area contributed by atoms with Gasteiger partial charge in [-0.3, -0.25) is 9.59 Å². The van der Waals surface area contributed by atoms with Crippen LogP contribution in [0.2, 0.25) is 5.02 Å². The Labute approximate surface area is 206 Å². The molecule has 0 unspecified atom stereocenters. The number of aromatic nitrogens is 3. The molecule has 0 bridgehead atoms. The van der Waals surface area contributed by atoms with E-state index in [4.69, 9.17) is 17.0 Å². The maximum atomic E-state index is 13.4. The van der Waals surface area contributed by atoms with Gasteiger partial charge in [-0.15, -0.1) is 0 Å². The highest BCUT2D eigenvalue weighted by Crippen LogP contribution is 2.44. The smallest absolute Gasteiger partial charge is 0.257 e. The number of carbonyl (C=O) groups excluding carboxylic acids is 2. The zero-order valence-corrected chi connectivity index (χ0v) is 20.2. The minimum atomic E-state index is -3.60. The van der Waals surface area contributed by atoms with Crippen LogP contribution in [0.5, 0.6) is 0 Å². The number of hydrogen-bond acceptors (Lipinski definition) is 7. The summed E-state index contributed by atoms with van der Waals surface area (Å²) in [5.74, 6) is -1.61. The molecule has 0 fully saturated rings. The second kappa shape index (κ2) is 8.28. The van der Waals surface area contributed by atoms with Crippen LogP contribution in [0.25, 0.3) is 5.82 Å². The van der Waals surface area contributed by atoms with Crippen molar-refractivity contribution in [3.63, 3.8) is 0 Å². The molecule has 1 aliphatic carbocycles. The summed E-state index contributed by atoms with van der Waals surface area (Å²) in [6.07, 6.45) is 5.35. The predicted octanol–water partition coefficient (Wildman–Crippen LogP) is 2.03. The van der Waals surface area contributed by atoms with Gasteiger partial charge < -0.3 is 16.0 Å². The van der Waals surface area contributed by atoms with Crippen LogP contribution >= 0.6 is 11.6 Å². The third-order valence-corrected chi connectivity index (χ3v) is 7.24. The monoisotopic (exact) mass is 512 g/mol. The minimum Gasteiger partial charge on any atom is -0.342 e. The van der Waals surface area contributed by atoms with E-state index >= 15 is 0 Å². The third-order valence-electron chi connectivity index (χ3n) is 6.22. The molecule has 0 radical (unpaired) electrons. The third kappa shape index (κ3) is 4.21. The molecule has 1 atom stereocenters. The maximum Gasteiger partial charge on any atom is 0.257 e. The Morgan fingerprint density at radius 3 is 2.83 bits per heavy atom. The summed E-state index contributed by atoms with van der Waals surface area (Å²) in [6, 6.07) is 8.86. The van der Waals surface area contributed by atoms with Crippen molar-refractivity contribution in [2.24, 2.45) is 0 Å². The Hall–Kier alpha value is -3.57. The fraction of sp³-hybridized carbons (Fsp3) is 0.261. The van der Waals surface area contributed by atoms with E-state index in [1.807, 2.05) is 12.1 Å². The first-order valence-corrected chi connectivity index (χ1v) is 13.2. The lowest BCUT2D eigenvalue weighted by Crippen LogP contribution is -2.49. The molecule has 35 heavy (non-hydrogen) atoms. The summed E-state index contributed by atoms with van der Waals surface area (Å²) in [7, 11) is -3.60. The second-order valence-corrected chi connectivity index (χ2v) is 11.4. The number of fused-ring (bicyclic) bond motifs is 3. The molecule has 10 nitrogen and oxygen atoms in total. The van der Waals surface area contributed by atoms with Crippen molar-refractivity contribution in [3.05, 3.63) is 69.5 Å². The lowest BCUT2D eigenvalue weighted by Gasteiger charge is -2.35. The largest absolute Gasteiger partial charge is 0.342 e. The standard InChI is InChI=1S/C23H21ClN6O4S/c1-35(33,34)12-19(31)27-21-20-17(29-30(21)18-5-2-13(10-25)11-26-18)9-23(28-22(20)32)7-6-14-8-15(24)3-4-16(14)23/h2-5,8,10-11,25H,6-7,9,12H2,1H3,(H,27,31)(H,28,32)/t23-/m0/s1.